The van der Waals surface area contributed by atoms with Gasteiger partial charge in [-0.3, -0.25) is 4.79 Å². The van der Waals surface area contributed by atoms with Gasteiger partial charge in [0.1, 0.15) is 5.75 Å². The van der Waals surface area contributed by atoms with Gasteiger partial charge in [0.15, 0.2) is 0 Å². The second kappa shape index (κ2) is 11.8. The zero-order valence-electron chi connectivity index (χ0n) is 19.8. The molecule has 6 nitrogen and oxygen atoms in total. The Hall–Kier alpha value is -1.80. The molecule has 0 saturated carbocycles. The van der Waals surface area contributed by atoms with E-state index in [1.54, 1.807) is 19.2 Å². The quantitative estimate of drug-likeness (QED) is 0.471. The highest BCUT2D eigenvalue weighted by Gasteiger charge is 2.33. The minimum absolute atomic E-state index is 0.120. The maximum atomic E-state index is 13.2. The molecular formula is C25H32Cl2N2O4S. The van der Waals surface area contributed by atoms with E-state index in [0.29, 0.717) is 40.9 Å². The SMILES string of the molecule is COc1ccc(C(CC(C)C)NC(=O)C2CCCN(S(=O)(=O)Cc3ccc(Cl)cc3Cl)C2)cc1. The molecule has 0 bridgehead atoms. The van der Waals surface area contributed by atoms with E-state index in [1.165, 1.54) is 10.4 Å². The van der Waals surface area contributed by atoms with Gasteiger partial charge in [0.2, 0.25) is 15.9 Å². The van der Waals surface area contributed by atoms with Crippen LogP contribution in [0.1, 0.15) is 50.3 Å². The van der Waals surface area contributed by atoms with Crippen molar-refractivity contribution in [1.82, 2.24) is 9.62 Å². The molecule has 1 fully saturated rings. The van der Waals surface area contributed by atoms with Crippen LogP contribution in [0.25, 0.3) is 0 Å². The first-order valence-corrected chi connectivity index (χ1v) is 13.8. The van der Waals surface area contributed by atoms with Gasteiger partial charge in [-0.05, 0) is 60.6 Å². The Kier molecular flexibility index (Phi) is 9.27. The summed E-state index contributed by atoms with van der Waals surface area (Å²) in [7, 11) is -2.02. The molecule has 1 heterocycles. The van der Waals surface area contributed by atoms with E-state index < -0.39 is 15.9 Å². The lowest BCUT2D eigenvalue weighted by molar-refractivity contribution is -0.127. The third-order valence-corrected chi connectivity index (χ3v) is 8.42. The first kappa shape index (κ1) is 26.8. The van der Waals surface area contributed by atoms with Gasteiger partial charge in [0, 0.05) is 23.1 Å². The maximum Gasteiger partial charge on any atom is 0.224 e. The minimum Gasteiger partial charge on any atom is -0.497 e. The van der Waals surface area contributed by atoms with Crippen molar-refractivity contribution in [1.29, 1.82) is 0 Å². The van der Waals surface area contributed by atoms with E-state index in [2.05, 4.69) is 19.2 Å². The van der Waals surface area contributed by atoms with Gasteiger partial charge in [-0.15, -0.1) is 0 Å². The van der Waals surface area contributed by atoms with Crippen molar-refractivity contribution in [3.8, 4) is 5.75 Å². The van der Waals surface area contributed by atoms with Gasteiger partial charge in [0.25, 0.3) is 0 Å². The summed E-state index contributed by atoms with van der Waals surface area (Å²) in [6.07, 6.45) is 2.06. The lowest BCUT2D eigenvalue weighted by atomic mass is 9.94. The average molecular weight is 528 g/mol. The van der Waals surface area contributed by atoms with Crippen LogP contribution in [0.5, 0.6) is 5.75 Å². The Morgan fingerprint density at radius 3 is 2.50 bits per heavy atom. The first-order chi connectivity index (χ1) is 16.1. The van der Waals surface area contributed by atoms with E-state index in [-0.39, 0.29) is 24.2 Å². The standard InChI is InChI=1S/C25H32Cl2N2O4S/c1-17(2)13-24(18-7-10-22(33-3)11-8-18)28-25(30)19-5-4-12-29(15-19)34(31,32)16-20-6-9-21(26)14-23(20)27/h6-11,14,17,19,24H,4-5,12-13,15-16H2,1-3H3,(H,28,30). The molecule has 1 aliphatic heterocycles. The fourth-order valence-corrected chi connectivity index (χ4v) is 6.41. The van der Waals surface area contributed by atoms with Crippen LogP contribution in [0.2, 0.25) is 10.0 Å². The van der Waals surface area contributed by atoms with Gasteiger partial charge in [-0.1, -0.05) is 55.2 Å². The van der Waals surface area contributed by atoms with Gasteiger partial charge >= 0.3 is 0 Å². The van der Waals surface area contributed by atoms with Crippen LogP contribution < -0.4 is 10.1 Å². The summed E-state index contributed by atoms with van der Waals surface area (Å²) in [4.78, 5) is 13.2. The second-order valence-electron chi connectivity index (χ2n) is 9.15. The van der Waals surface area contributed by atoms with Crippen molar-refractivity contribution >= 4 is 39.1 Å². The summed E-state index contributed by atoms with van der Waals surface area (Å²) in [6, 6.07) is 12.3. The number of nitrogens with one attached hydrogen (secondary N) is 1. The van der Waals surface area contributed by atoms with Crippen LogP contribution in [-0.2, 0) is 20.6 Å². The van der Waals surface area contributed by atoms with E-state index in [1.807, 2.05) is 24.3 Å². The Balaban J connectivity index is 1.70. The lowest BCUT2D eigenvalue weighted by Gasteiger charge is -2.32. The Morgan fingerprint density at radius 1 is 1.18 bits per heavy atom. The predicted molar refractivity (Wildman–Crippen MR) is 137 cm³/mol. The highest BCUT2D eigenvalue weighted by Crippen LogP contribution is 2.28. The predicted octanol–water partition coefficient (Wildman–Crippen LogP) is 5.45. The molecule has 2 aromatic rings. The molecule has 2 unspecified atom stereocenters. The topological polar surface area (TPSA) is 75.7 Å². The number of ether oxygens (including phenoxy) is 1. The monoisotopic (exact) mass is 526 g/mol. The molecule has 9 heteroatoms. The third kappa shape index (κ3) is 7.11. The molecule has 3 rings (SSSR count). The van der Waals surface area contributed by atoms with Crippen LogP contribution in [0.3, 0.4) is 0 Å². The second-order valence-corrected chi connectivity index (χ2v) is 12.0. The fourth-order valence-electron chi connectivity index (χ4n) is 4.21. The average Bonchev–Trinajstić information content (AvgIpc) is 2.80. The molecule has 1 amide bonds. The van der Waals surface area contributed by atoms with Gasteiger partial charge in [0.05, 0.1) is 24.8 Å². The number of sulfonamides is 1. The zero-order chi connectivity index (χ0) is 24.9. The molecule has 34 heavy (non-hydrogen) atoms. The number of amides is 1. The lowest BCUT2D eigenvalue weighted by Crippen LogP contribution is -2.46. The molecule has 0 radical (unpaired) electrons. The highest BCUT2D eigenvalue weighted by atomic mass is 35.5. The summed E-state index contributed by atoms with van der Waals surface area (Å²) in [5.41, 5.74) is 1.50. The van der Waals surface area contributed by atoms with Crippen molar-refractivity contribution in [2.75, 3.05) is 20.2 Å². The van der Waals surface area contributed by atoms with Crippen LogP contribution in [0.15, 0.2) is 42.5 Å². The third-order valence-electron chi connectivity index (χ3n) is 6.04. The van der Waals surface area contributed by atoms with E-state index in [9.17, 15) is 13.2 Å². The van der Waals surface area contributed by atoms with Gasteiger partial charge in [-0.25, -0.2) is 12.7 Å². The fraction of sp³-hybridized carbons (Fsp3) is 0.480. The zero-order valence-corrected chi connectivity index (χ0v) is 22.1. The van der Waals surface area contributed by atoms with Crippen molar-refractivity contribution in [2.24, 2.45) is 11.8 Å². The number of rotatable bonds is 9. The number of halogens is 2. The summed E-state index contributed by atoms with van der Waals surface area (Å²) < 4.78 is 32.9. The molecule has 0 aliphatic carbocycles. The molecule has 1 aliphatic rings. The van der Waals surface area contributed by atoms with E-state index >= 15 is 0 Å². The number of carbonyl (C=O) groups excluding carboxylic acids is 1. The summed E-state index contributed by atoms with van der Waals surface area (Å²) >= 11 is 12.1. The molecule has 0 aromatic heterocycles. The molecule has 0 spiro atoms. The van der Waals surface area contributed by atoms with Crippen molar-refractivity contribution < 1.29 is 17.9 Å². The normalized spacial score (nSPS) is 18.0. The van der Waals surface area contributed by atoms with E-state index in [4.69, 9.17) is 27.9 Å². The van der Waals surface area contributed by atoms with Gasteiger partial charge in [-0.2, -0.15) is 0 Å². The van der Waals surface area contributed by atoms with Crippen LogP contribution in [0, 0.1) is 11.8 Å². The maximum absolute atomic E-state index is 13.2. The Morgan fingerprint density at radius 2 is 1.88 bits per heavy atom. The molecule has 2 atom stereocenters. The molecule has 186 valence electrons. The van der Waals surface area contributed by atoms with Crippen LogP contribution in [-0.4, -0.2) is 38.8 Å². The number of methoxy groups -OCH3 is 1. The smallest absolute Gasteiger partial charge is 0.224 e. The Labute approximate surface area is 212 Å². The highest BCUT2D eigenvalue weighted by molar-refractivity contribution is 7.88. The minimum atomic E-state index is -3.63. The number of nitrogens with zero attached hydrogens (tertiary/aromatic N) is 1. The Bertz CT molecular complexity index is 1090. The van der Waals surface area contributed by atoms with Crippen molar-refractivity contribution in [3.05, 3.63) is 63.6 Å². The molecular weight excluding hydrogens is 495 g/mol. The first-order valence-electron chi connectivity index (χ1n) is 11.4. The molecule has 1 N–H and O–H groups in total. The van der Waals surface area contributed by atoms with Crippen LogP contribution in [0.4, 0.5) is 0 Å². The number of carbonyl (C=O) groups is 1. The molecule has 1 saturated heterocycles. The van der Waals surface area contributed by atoms with Crippen molar-refractivity contribution in [2.45, 2.75) is 44.9 Å². The van der Waals surface area contributed by atoms with Crippen molar-refractivity contribution in [3.63, 3.8) is 0 Å². The number of benzene rings is 2. The number of hydrogen-bond acceptors (Lipinski definition) is 4. The molecule has 2 aromatic carbocycles. The number of hydrogen-bond donors (Lipinski definition) is 1. The van der Waals surface area contributed by atoms with Crippen LogP contribution >= 0.6 is 23.2 Å². The van der Waals surface area contributed by atoms with Gasteiger partial charge < -0.3 is 10.1 Å². The van der Waals surface area contributed by atoms with E-state index in [0.717, 1.165) is 17.7 Å². The summed E-state index contributed by atoms with van der Waals surface area (Å²) in [6.45, 7) is 4.78. The number of piperidine rings is 1. The summed E-state index contributed by atoms with van der Waals surface area (Å²) in [5.74, 6) is 0.383. The summed E-state index contributed by atoms with van der Waals surface area (Å²) in [5, 5.41) is 3.94. The largest absolute Gasteiger partial charge is 0.497 e.